The third kappa shape index (κ3) is 5.25. The predicted octanol–water partition coefficient (Wildman–Crippen LogP) is 5.08. The Hall–Kier alpha value is -3.32. The Bertz CT molecular complexity index is 1210. The molecule has 0 radical (unpaired) electrons. The van der Waals surface area contributed by atoms with Crippen LogP contribution in [-0.4, -0.2) is 33.4 Å². The largest absolute Gasteiger partial charge is 0.335 e. The van der Waals surface area contributed by atoms with Gasteiger partial charge in [0, 0.05) is 29.5 Å². The smallest absolute Gasteiger partial charge is 0.256 e. The van der Waals surface area contributed by atoms with Crippen molar-refractivity contribution < 1.29 is 4.79 Å². The van der Waals surface area contributed by atoms with Crippen LogP contribution in [0.15, 0.2) is 64.6 Å². The number of aromatic amines is 1. The summed E-state index contributed by atoms with van der Waals surface area (Å²) < 4.78 is 0. The summed E-state index contributed by atoms with van der Waals surface area (Å²) in [7, 11) is 0. The SMILES string of the molecule is CCCCC1CN(C(=O)[C@H](Cc2ccccc2)N=O)Cc2c1nc(-c1ccc(Cl)cc1)[nH]c2=O. The van der Waals surface area contributed by atoms with E-state index in [0.29, 0.717) is 23.0 Å². The van der Waals surface area contributed by atoms with Crippen LogP contribution in [0.1, 0.15) is 48.9 Å². The molecule has 3 aromatic rings. The monoisotopic (exact) mass is 478 g/mol. The molecule has 176 valence electrons. The molecule has 0 bridgehead atoms. The van der Waals surface area contributed by atoms with Gasteiger partial charge in [0.1, 0.15) is 5.82 Å². The van der Waals surface area contributed by atoms with Gasteiger partial charge in [0.2, 0.25) is 0 Å². The number of hydrogen-bond donors (Lipinski definition) is 1. The zero-order valence-electron chi connectivity index (χ0n) is 19.0. The maximum atomic E-state index is 13.3. The van der Waals surface area contributed by atoms with Gasteiger partial charge in [-0.3, -0.25) is 9.59 Å². The summed E-state index contributed by atoms with van der Waals surface area (Å²) in [5.41, 5.74) is 2.57. The molecule has 2 aromatic carbocycles. The molecule has 0 aliphatic carbocycles. The van der Waals surface area contributed by atoms with Crippen molar-refractivity contribution in [3.05, 3.63) is 91.7 Å². The number of benzene rings is 2. The molecule has 2 atom stereocenters. The van der Waals surface area contributed by atoms with Gasteiger partial charge in [-0.2, -0.15) is 0 Å². The fraction of sp³-hybridized carbons (Fsp3) is 0.346. The number of H-pyrrole nitrogens is 1. The van der Waals surface area contributed by atoms with Gasteiger partial charge < -0.3 is 9.88 Å². The zero-order chi connectivity index (χ0) is 24.1. The molecule has 4 rings (SSSR count). The summed E-state index contributed by atoms with van der Waals surface area (Å²) in [6.45, 7) is 2.62. The highest BCUT2D eigenvalue weighted by Gasteiger charge is 2.35. The van der Waals surface area contributed by atoms with E-state index in [2.05, 4.69) is 17.1 Å². The average molecular weight is 479 g/mol. The predicted molar refractivity (Wildman–Crippen MR) is 133 cm³/mol. The van der Waals surface area contributed by atoms with Crippen molar-refractivity contribution in [3.63, 3.8) is 0 Å². The first-order valence-electron chi connectivity index (χ1n) is 11.5. The van der Waals surface area contributed by atoms with E-state index in [-0.39, 0.29) is 30.3 Å². The van der Waals surface area contributed by atoms with E-state index >= 15 is 0 Å². The molecule has 1 aliphatic heterocycles. The van der Waals surface area contributed by atoms with Crippen LogP contribution in [0.25, 0.3) is 11.4 Å². The molecular formula is C26H27ClN4O3. The number of aromatic nitrogens is 2. The van der Waals surface area contributed by atoms with E-state index in [1.807, 2.05) is 42.5 Å². The van der Waals surface area contributed by atoms with Crippen molar-refractivity contribution in [1.29, 1.82) is 0 Å². The number of rotatable bonds is 8. The van der Waals surface area contributed by atoms with E-state index in [1.54, 1.807) is 17.0 Å². The highest BCUT2D eigenvalue weighted by Crippen LogP contribution is 2.31. The van der Waals surface area contributed by atoms with Crippen molar-refractivity contribution in [2.75, 3.05) is 6.54 Å². The fourth-order valence-electron chi connectivity index (χ4n) is 4.42. The first-order valence-corrected chi connectivity index (χ1v) is 11.9. The Morgan fingerprint density at radius 2 is 1.94 bits per heavy atom. The zero-order valence-corrected chi connectivity index (χ0v) is 19.8. The molecular weight excluding hydrogens is 452 g/mol. The lowest BCUT2D eigenvalue weighted by Crippen LogP contribution is -2.46. The maximum absolute atomic E-state index is 13.3. The summed E-state index contributed by atoms with van der Waals surface area (Å²) in [6, 6.07) is 15.5. The molecule has 1 aliphatic rings. The van der Waals surface area contributed by atoms with Crippen LogP contribution in [-0.2, 0) is 17.8 Å². The Labute approximate surface area is 203 Å². The van der Waals surface area contributed by atoms with Crippen LogP contribution < -0.4 is 5.56 Å². The van der Waals surface area contributed by atoms with Gasteiger partial charge in [0.15, 0.2) is 6.04 Å². The molecule has 1 amide bonds. The van der Waals surface area contributed by atoms with Crippen molar-refractivity contribution in [2.24, 2.45) is 5.18 Å². The van der Waals surface area contributed by atoms with Gasteiger partial charge in [0.05, 0.1) is 17.8 Å². The van der Waals surface area contributed by atoms with E-state index in [4.69, 9.17) is 16.6 Å². The van der Waals surface area contributed by atoms with E-state index in [1.165, 1.54) is 0 Å². The van der Waals surface area contributed by atoms with Gasteiger partial charge >= 0.3 is 0 Å². The van der Waals surface area contributed by atoms with Crippen LogP contribution in [0, 0.1) is 4.91 Å². The topological polar surface area (TPSA) is 95.5 Å². The Morgan fingerprint density at radius 3 is 2.62 bits per heavy atom. The quantitative estimate of drug-likeness (QED) is 0.456. The lowest BCUT2D eigenvalue weighted by Gasteiger charge is -2.34. The van der Waals surface area contributed by atoms with E-state index in [0.717, 1.165) is 36.1 Å². The summed E-state index contributed by atoms with van der Waals surface area (Å²) in [6.07, 6.45) is 2.95. The molecule has 8 heteroatoms. The first kappa shape index (κ1) is 23.8. The highest BCUT2D eigenvalue weighted by molar-refractivity contribution is 6.30. The number of carbonyl (C=O) groups excluding carboxylic acids is 1. The van der Waals surface area contributed by atoms with Crippen LogP contribution >= 0.6 is 11.6 Å². The summed E-state index contributed by atoms with van der Waals surface area (Å²) in [4.78, 5) is 47.2. The molecule has 0 spiro atoms. The summed E-state index contributed by atoms with van der Waals surface area (Å²) in [5.74, 6) is 0.0374. The number of nitrogens with zero attached hydrogens (tertiary/aromatic N) is 3. The molecule has 0 saturated carbocycles. The van der Waals surface area contributed by atoms with Gasteiger partial charge in [-0.25, -0.2) is 4.98 Å². The number of amides is 1. The second-order valence-corrected chi connectivity index (χ2v) is 9.09. The molecule has 0 fully saturated rings. The standard InChI is InChI=1S/C26H27ClN4O3/c1-2-3-9-19-15-31(26(33)22(30-34)14-17-7-5-4-6-8-17)16-21-23(19)28-24(29-25(21)32)18-10-12-20(27)13-11-18/h4-8,10-13,19,22H,2-3,9,14-16H2,1H3,(H,28,29,32)/t19?,22-/m0/s1. The maximum Gasteiger partial charge on any atom is 0.256 e. The number of carbonyl (C=O) groups is 1. The summed E-state index contributed by atoms with van der Waals surface area (Å²) >= 11 is 6.00. The van der Waals surface area contributed by atoms with Crippen LogP contribution in [0.3, 0.4) is 0 Å². The third-order valence-electron chi connectivity index (χ3n) is 6.24. The van der Waals surface area contributed by atoms with Crippen molar-refractivity contribution in [1.82, 2.24) is 14.9 Å². The second kappa shape index (κ2) is 10.7. The first-order chi connectivity index (χ1) is 16.5. The van der Waals surface area contributed by atoms with Gasteiger partial charge in [-0.05, 0) is 36.2 Å². The minimum atomic E-state index is -1.03. The van der Waals surface area contributed by atoms with Crippen LogP contribution in [0.4, 0.5) is 0 Å². The third-order valence-corrected chi connectivity index (χ3v) is 6.50. The minimum absolute atomic E-state index is 0.0926. The van der Waals surface area contributed by atoms with E-state index in [9.17, 15) is 14.5 Å². The second-order valence-electron chi connectivity index (χ2n) is 8.65. The molecule has 7 nitrogen and oxygen atoms in total. The van der Waals surface area contributed by atoms with Gasteiger partial charge in [-0.15, -0.1) is 4.91 Å². The lowest BCUT2D eigenvalue weighted by atomic mass is 9.90. The Balaban J connectivity index is 1.64. The van der Waals surface area contributed by atoms with Crippen LogP contribution in [0.5, 0.6) is 0 Å². The van der Waals surface area contributed by atoms with Gasteiger partial charge in [-0.1, -0.05) is 66.9 Å². The van der Waals surface area contributed by atoms with Crippen LogP contribution in [0.2, 0.25) is 5.02 Å². The van der Waals surface area contributed by atoms with Gasteiger partial charge in [0.25, 0.3) is 11.5 Å². The van der Waals surface area contributed by atoms with Crippen molar-refractivity contribution in [2.45, 2.75) is 51.1 Å². The number of unbranched alkanes of at least 4 members (excludes halogenated alkanes) is 1. The number of halogens is 1. The Morgan fingerprint density at radius 1 is 1.21 bits per heavy atom. The average Bonchev–Trinajstić information content (AvgIpc) is 2.86. The number of fused-ring (bicyclic) bond motifs is 1. The lowest BCUT2D eigenvalue weighted by molar-refractivity contribution is -0.133. The molecule has 34 heavy (non-hydrogen) atoms. The Kier molecular flexibility index (Phi) is 7.53. The number of nitrogens with one attached hydrogen (secondary N) is 1. The van der Waals surface area contributed by atoms with Crippen molar-refractivity contribution in [3.8, 4) is 11.4 Å². The minimum Gasteiger partial charge on any atom is -0.335 e. The van der Waals surface area contributed by atoms with Crippen molar-refractivity contribution >= 4 is 17.5 Å². The fourth-order valence-corrected chi connectivity index (χ4v) is 4.55. The molecule has 2 heterocycles. The number of nitroso groups, excluding NO2 is 1. The van der Waals surface area contributed by atoms with E-state index < -0.39 is 6.04 Å². The highest BCUT2D eigenvalue weighted by atomic mass is 35.5. The number of hydrogen-bond acceptors (Lipinski definition) is 5. The molecule has 0 saturated heterocycles. The normalized spacial score (nSPS) is 16.1. The molecule has 1 aromatic heterocycles. The summed E-state index contributed by atoms with van der Waals surface area (Å²) in [5, 5.41) is 3.74. The molecule has 1 N–H and O–H groups in total. The molecule has 1 unspecified atom stereocenters.